The Morgan fingerprint density at radius 2 is 0.968 bits per heavy atom. The van der Waals surface area contributed by atoms with E-state index in [4.69, 9.17) is 27.4 Å². The molecule has 3 atom stereocenters. The van der Waals surface area contributed by atoms with Gasteiger partial charge in [0, 0.05) is 25.2 Å². The highest BCUT2D eigenvalue weighted by molar-refractivity contribution is 6.28. The number of pyridine rings is 2. The lowest BCUT2D eigenvalue weighted by Gasteiger charge is -2.21. The van der Waals surface area contributed by atoms with E-state index in [9.17, 15) is 62.6 Å². The fraction of sp³-hybridized carbons (Fsp3) is 0.179. The van der Waals surface area contributed by atoms with Gasteiger partial charge in [-0.3, -0.25) is 62.9 Å². The summed E-state index contributed by atoms with van der Waals surface area (Å²) in [5, 5.41) is 28.7. The number of carboxylic acid groups (broad SMARTS) is 3. The first-order valence-electron chi connectivity index (χ1n) is 17.9. The maximum atomic E-state index is 12.7. The van der Waals surface area contributed by atoms with E-state index in [0.29, 0.717) is 20.1 Å². The van der Waals surface area contributed by atoms with Crippen molar-refractivity contribution < 1.29 is 72.9 Å². The molecular weight excluding hydrogens is 820 g/mol. The number of aromatic nitrogens is 2. The number of primary amides is 3. The highest BCUT2D eigenvalue weighted by Gasteiger charge is 2.47. The SMILES string of the molecule is NC(=O)C(C(=O)O)N1C(=O)c2cccnc2C1=O.NC(=O)CCC(C(=O)O)N1C(=O)c2ccc3ccccc3c2C1=O.NC(=O)CCC(C(=O)O)N1C(=O)c2cccnc2C1=O. The zero-order valence-electron chi connectivity index (χ0n) is 31.7. The lowest BCUT2D eigenvalue weighted by Crippen LogP contribution is -2.52. The number of nitrogens with zero attached hydrogens (tertiary/aromatic N) is 5. The number of nitrogens with two attached hydrogens (primary N) is 3. The fourth-order valence-corrected chi connectivity index (χ4v) is 6.64. The molecule has 7 rings (SSSR count). The molecule has 2 aromatic carbocycles. The summed E-state index contributed by atoms with van der Waals surface area (Å²) < 4.78 is 0. The molecule has 0 aliphatic carbocycles. The van der Waals surface area contributed by atoms with Gasteiger partial charge in [-0.05, 0) is 53.9 Å². The number of benzene rings is 2. The van der Waals surface area contributed by atoms with Gasteiger partial charge in [-0.1, -0.05) is 30.3 Å². The smallest absolute Gasteiger partial charge is 0.336 e. The topological polar surface area (TPSA) is 379 Å². The van der Waals surface area contributed by atoms with Crippen LogP contribution in [0.25, 0.3) is 10.8 Å². The van der Waals surface area contributed by atoms with Gasteiger partial charge in [0.25, 0.3) is 41.4 Å². The van der Waals surface area contributed by atoms with Crippen LogP contribution in [0.5, 0.6) is 0 Å². The van der Waals surface area contributed by atoms with Crippen LogP contribution in [0, 0.1) is 0 Å². The molecule has 2 aromatic heterocycles. The van der Waals surface area contributed by atoms with E-state index in [1.54, 1.807) is 30.3 Å². The molecule has 0 saturated heterocycles. The molecule has 23 heteroatoms. The van der Waals surface area contributed by atoms with E-state index in [0.717, 1.165) is 5.39 Å². The van der Waals surface area contributed by atoms with Gasteiger partial charge in [-0.2, -0.15) is 0 Å². The molecular formula is C39H32N8O15. The third kappa shape index (κ3) is 8.52. The van der Waals surface area contributed by atoms with E-state index in [-0.39, 0.29) is 59.3 Å². The van der Waals surface area contributed by atoms with Gasteiger partial charge >= 0.3 is 17.9 Å². The van der Waals surface area contributed by atoms with Crippen molar-refractivity contribution in [2.24, 2.45) is 17.2 Å². The molecule has 23 nitrogen and oxygen atoms in total. The van der Waals surface area contributed by atoms with Gasteiger partial charge in [0.05, 0.1) is 22.3 Å². The summed E-state index contributed by atoms with van der Waals surface area (Å²) in [6.07, 6.45) is 1.72. The maximum absolute atomic E-state index is 12.7. The van der Waals surface area contributed by atoms with E-state index < -0.39 is 89.2 Å². The summed E-state index contributed by atoms with van der Waals surface area (Å²) in [4.78, 5) is 149. The summed E-state index contributed by atoms with van der Waals surface area (Å²) in [5.41, 5.74) is 15.0. The van der Waals surface area contributed by atoms with E-state index in [1.165, 1.54) is 42.7 Å². The maximum Gasteiger partial charge on any atom is 0.336 e. The largest absolute Gasteiger partial charge is 0.480 e. The molecule has 0 bridgehead atoms. The Kier molecular flexibility index (Phi) is 12.9. The molecule has 0 saturated carbocycles. The second-order valence-corrected chi connectivity index (χ2v) is 13.3. The molecule has 5 heterocycles. The number of imide groups is 3. The van der Waals surface area contributed by atoms with Gasteiger partial charge in [0.2, 0.25) is 17.9 Å². The lowest BCUT2D eigenvalue weighted by molar-refractivity contribution is -0.146. The minimum absolute atomic E-state index is 0.0463. The average molecular weight is 853 g/mol. The monoisotopic (exact) mass is 852 g/mol. The number of aliphatic carboxylic acids is 3. The molecule has 3 unspecified atom stereocenters. The van der Waals surface area contributed by atoms with Crippen molar-refractivity contribution in [2.45, 2.75) is 43.8 Å². The number of rotatable bonds is 13. The summed E-state index contributed by atoms with van der Waals surface area (Å²) >= 11 is 0. The normalized spacial score (nSPS) is 15.1. The molecule has 318 valence electrons. The third-order valence-electron chi connectivity index (χ3n) is 9.45. The van der Waals surface area contributed by atoms with Gasteiger partial charge in [-0.15, -0.1) is 0 Å². The number of carbonyl (C=O) groups excluding carboxylic acids is 9. The summed E-state index contributed by atoms with van der Waals surface area (Å²) in [6.45, 7) is 0. The van der Waals surface area contributed by atoms with E-state index in [2.05, 4.69) is 9.97 Å². The van der Waals surface area contributed by atoms with Crippen LogP contribution in [0.3, 0.4) is 0 Å². The number of fused-ring (bicyclic) bond motifs is 5. The van der Waals surface area contributed by atoms with Gasteiger partial charge in [0.15, 0.2) is 0 Å². The quantitative estimate of drug-likeness (QED) is 0.0706. The highest BCUT2D eigenvalue weighted by atomic mass is 16.4. The highest BCUT2D eigenvalue weighted by Crippen LogP contribution is 2.32. The average Bonchev–Trinajstić information content (AvgIpc) is 3.73. The number of hydrogen-bond donors (Lipinski definition) is 6. The van der Waals surface area contributed by atoms with E-state index >= 15 is 0 Å². The third-order valence-corrected chi connectivity index (χ3v) is 9.45. The Balaban J connectivity index is 0.000000178. The second-order valence-electron chi connectivity index (χ2n) is 13.3. The fourth-order valence-electron chi connectivity index (χ4n) is 6.64. The van der Waals surface area contributed by atoms with Crippen LogP contribution in [-0.4, -0.2) is 129 Å². The van der Waals surface area contributed by atoms with Crippen LogP contribution in [0.2, 0.25) is 0 Å². The first kappa shape index (κ1) is 44.3. The van der Waals surface area contributed by atoms with Crippen LogP contribution in [0.15, 0.2) is 73.1 Å². The van der Waals surface area contributed by atoms with Gasteiger partial charge in [0.1, 0.15) is 23.5 Å². The van der Waals surface area contributed by atoms with Crippen molar-refractivity contribution in [3.8, 4) is 0 Å². The summed E-state index contributed by atoms with van der Waals surface area (Å²) in [5.74, 6) is -11.8. The molecule has 62 heavy (non-hydrogen) atoms. The van der Waals surface area contributed by atoms with Crippen molar-refractivity contribution in [2.75, 3.05) is 0 Å². The zero-order valence-corrected chi connectivity index (χ0v) is 31.7. The number of hydrogen-bond acceptors (Lipinski definition) is 14. The Morgan fingerprint density at radius 3 is 1.42 bits per heavy atom. The van der Waals surface area contributed by atoms with Crippen LogP contribution < -0.4 is 17.2 Å². The zero-order chi connectivity index (χ0) is 45.7. The lowest BCUT2D eigenvalue weighted by atomic mass is 10.0. The standard InChI is InChI=1S/C17H14N2O5.C12H11N3O5.C10H7N3O5/c18-13(20)8-7-12(17(23)24)19-15(21)11-6-5-9-3-1-2-4-10(9)14(11)16(19)22;13-8(16)4-3-7(12(19)20)15-10(17)6-2-1-5-14-9(6)11(15)18;11-7(14)6(10(17)18)13-8(15)4-2-1-3-12-5(4)9(13)16/h1-6,12H,7-8H2,(H2,18,20)(H,23,24);1-2,5,7H,3-4H2,(H2,13,16)(H,19,20);1-3,6H,(H2,11,14)(H,17,18). The predicted octanol–water partition coefficient (Wildman–Crippen LogP) is -0.833. The first-order valence-corrected chi connectivity index (χ1v) is 17.9. The Hall–Kier alpha value is -8.76. The molecule has 9 N–H and O–H groups in total. The summed E-state index contributed by atoms with van der Waals surface area (Å²) in [6, 6.07) is 11.0. The number of carbonyl (C=O) groups is 12. The van der Waals surface area contributed by atoms with Crippen LogP contribution in [-0.2, 0) is 28.8 Å². The van der Waals surface area contributed by atoms with Crippen molar-refractivity contribution in [3.05, 3.63) is 107 Å². The predicted molar refractivity (Wildman–Crippen MR) is 204 cm³/mol. The number of amides is 9. The minimum atomic E-state index is -2.03. The number of carboxylic acids is 3. The van der Waals surface area contributed by atoms with Crippen LogP contribution in [0.1, 0.15) is 88.1 Å². The molecule has 3 aliphatic heterocycles. The van der Waals surface area contributed by atoms with Crippen molar-refractivity contribution in [1.29, 1.82) is 0 Å². The Bertz CT molecular complexity index is 2560. The molecule has 4 aromatic rings. The van der Waals surface area contributed by atoms with Gasteiger partial charge in [-0.25, -0.2) is 19.3 Å². The van der Waals surface area contributed by atoms with Crippen molar-refractivity contribution in [3.63, 3.8) is 0 Å². The van der Waals surface area contributed by atoms with Crippen LogP contribution >= 0.6 is 0 Å². The summed E-state index contributed by atoms with van der Waals surface area (Å²) in [7, 11) is 0. The van der Waals surface area contributed by atoms with Crippen molar-refractivity contribution >= 4 is 81.8 Å². The second kappa shape index (κ2) is 18.0. The van der Waals surface area contributed by atoms with Gasteiger partial charge < -0.3 is 32.5 Å². The van der Waals surface area contributed by atoms with Crippen LogP contribution in [0.4, 0.5) is 0 Å². The Labute approximate surface area is 346 Å². The minimum Gasteiger partial charge on any atom is -0.480 e. The molecule has 3 aliphatic rings. The molecule has 0 radical (unpaired) electrons. The Morgan fingerprint density at radius 1 is 0.516 bits per heavy atom. The molecule has 0 spiro atoms. The molecule has 0 fully saturated rings. The van der Waals surface area contributed by atoms with Crippen molar-refractivity contribution in [1.82, 2.24) is 24.7 Å². The molecule has 9 amide bonds. The first-order chi connectivity index (χ1) is 29.3. The van der Waals surface area contributed by atoms with E-state index in [1.807, 2.05) is 0 Å².